The summed E-state index contributed by atoms with van der Waals surface area (Å²) in [6.07, 6.45) is -0.00248. The second kappa shape index (κ2) is 5.63. The van der Waals surface area contributed by atoms with E-state index >= 15 is 0 Å². The lowest BCUT2D eigenvalue weighted by atomic mass is 10.2. The van der Waals surface area contributed by atoms with Crippen molar-refractivity contribution >= 4 is 29.7 Å². The van der Waals surface area contributed by atoms with E-state index in [1.165, 1.54) is 11.3 Å². The highest BCUT2D eigenvalue weighted by molar-refractivity contribution is 7.10. The van der Waals surface area contributed by atoms with Crippen LogP contribution < -0.4 is 0 Å². The molecule has 0 amide bonds. The van der Waals surface area contributed by atoms with Gasteiger partial charge in [0.25, 0.3) is 0 Å². The number of thiazole rings is 1. The molecule has 0 saturated heterocycles. The minimum atomic E-state index is -0.844. The van der Waals surface area contributed by atoms with Gasteiger partial charge >= 0.3 is 5.97 Å². The quantitative estimate of drug-likeness (QED) is 0.918. The summed E-state index contributed by atoms with van der Waals surface area (Å²) in [7, 11) is 0. The van der Waals surface area contributed by atoms with Gasteiger partial charge in [-0.05, 0) is 0 Å². The van der Waals surface area contributed by atoms with E-state index in [4.69, 9.17) is 5.11 Å². The van der Waals surface area contributed by atoms with E-state index in [0.29, 0.717) is 5.01 Å². The fourth-order valence-electron chi connectivity index (χ4n) is 1.26. The van der Waals surface area contributed by atoms with Crippen LogP contribution in [0.2, 0.25) is 0 Å². The molecule has 3 nitrogen and oxygen atoms in total. The van der Waals surface area contributed by atoms with Gasteiger partial charge in [-0.2, -0.15) is 0 Å². The second-order valence-corrected chi connectivity index (χ2v) is 4.01. The lowest BCUT2D eigenvalue weighted by molar-refractivity contribution is -0.136. The normalized spacial score (nSPS) is 9.50. The number of carboxylic acids is 1. The first-order valence-corrected chi connectivity index (χ1v) is 5.35. The average Bonchev–Trinajstić information content (AvgIpc) is 2.67. The predicted octanol–water partition coefficient (Wildman–Crippen LogP) is 2.86. The van der Waals surface area contributed by atoms with Gasteiger partial charge in [0.05, 0.1) is 12.1 Å². The van der Waals surface area contributed by atoms with Crippen molar-refractivity contribution < 1.29 is 9.90 Å². The van der Waals surface area contributed by atoms with E-state index in [-0.39, 0.29) is 18.8 Å². The Labute approximate surface area is 103 Å². The Morgan fingerprint density at radius 2 is 2.00 bits per heavy atom. The van der Waals surface area contributed by atoms with Gasteiger partial charge in [0.15, 0.2) is 0 Å². The fraction of sp³-hybridized carbons (Fsp3) is 0.0909. The Bertz CT molecular complexity index is 470. The van der Waals surface area contributed by atoms with Crippen molar-refractivity contribution in [3.8, 4) is 11.3 Å². The van der Waals surface area contributed by atoms with Crippen LogP contribution in [-0.2, 0) is 11.2 Å². The van der Waals surface area contributed by atoms with Gasteiger partial charge in [0.1, 0.15) is 5.01 Å². The summed E-state index contributed by atoms with van der Waals surface area (Å²) in [5.74, 6) is -0.844. The van der Waals surface area contributed by atoms with Crippen molar-refractivity contribution in [1.29, 1.82) is 0 Å². The van der Waals surface area contributed by atoms with Crippen LogP contribution >= 0.6 is 23.7 Å². The number of hydrogen-bond acceptors (Lipinski definition) is 3. The zero-order valence-corrected chi connectivity index (χ0v) is 9.92. The number of halogens is 1. The monoisotopic (exact) mass is 255 g/mol. The van der Waals surface area contributed by atoms with E-state index in [1.54, 1.807) is 0 Å². The van der Waals surface area contributed by atoms with Gasteiger partial charge in [0, 0.05) is 10.9 Å². The summed E-state index contributed by atoms with van der Waals surface area (Å²) in [5.41, 5.74) is 1.86. The first-order chi connectivity index (χ1) is 7.25. The van der Waals surface area contributed by atoms with E-state index in [2.05, 4.69) is 4.98 Å². The zero-order valence-electron chi connectivity index (χ0n) is 8.29. The van der Waals surface area contributed by atoms with Crippen LogP contribution in [0.1, 0.15) is 5.01 Å². The molecule has 0 aliphatic rings. The Morgan fingerprint density at radius 3 is 2.62 bits per heavy atom. The summed E-state index contributed by atoms with van der Waals surface area (Å²) in [5, 5.41) is 11.1. The van der Waals surface area contributed by atoms with E-state index in [0.717, 1.165) is 11.3 Å². The maximum Gasteiger partial charge on any atom is 0.310 e. The van der Waals surface area contributed by atoms with E-state index in [1.807, 2.05) is 35.7 Å². The molecule has 0 spiro atoms. The molecule has 84 valence electrons. The Balaban J connectivity index is 0.00000128. The highest BCUT2D eigenvalue weighted by Crippen LogP contribution is 2.21. The highest BCUT2D eigenvalue weighted by atomic mass is 35.5. The lowest BCUT2D eigenvalue weighted by Gasteiger charge is -1.93. The molecular weight excluding hydrogens is 246 g/mol. The van der Waals surface area contributed by atoms with Crippen molar-refractivity contribution in [3.63, 3.8) is 0 Å². The molecule has 1 heterocycles. The Morgan fingerprint density at radius 1 is 1.31 bits per heavy atom. The second-order valence-electron chi connectivity index (χ2n) is 3.06. The summed E-state index contributed by atoms with van der Waals surface area (Å²) >= 11 is 1.38. The van der Waals surface area contributed by atoms with Gasteiger partial charge in [-0.1, -0.05) is 30.3 Å². The number of benzene rings is 1. The predicted molar refractivity (Wildman–Crippen MR) is 66.1 cm³/mol. The first kappa shape index (κ1) is 12.7. The molecule has 16 heavy (non-hydrogen) atoms. The molecule has 0 bridgehead atoms. The summed E-state index contributed by atoms with van der Waals surface area (Å²) in [6.45, 7) is 0. The fourth-order valence-corrected chi connectivity index (χ4v) is 2.06. The molecular formula is C11H10ClNO2S. The number of carbonyl (C=O) groups is 1. The number of aromatic nitrogens is 1. The third-order valence-corrected chi connectivity index (χ3v) is 2.77. The minimum absolute atomic E-state index is 0. The molecule has 1 aromatic carbocycles. The van der Waals surface area contributed by atoms with Crippen LogP contribution in [0.5, 0.6) is 0 Å². The highest BCUT2D eigenvalue weighted by Gasteiger charge is 2.06. The average molecular weight is 256 g/mol. The standard InChI is InChI=1S/C11H9NO2S.ClH/c13-11(14)6-10-12-9(7-15-10)8-4-2-1-3-5-8;/h1-5,7H,6H2,(H,13,14);1H. The first-order valence-electron chi connectivity index (χ1n) is 4.47. The molecule has 0 atom stereocenters. The zero-order chi connectivity index (χ0) is 10.7. The molecule has 0 saturated carbocycles. The number of rotatable bonds is 3. The van der Waals surface area contributed by atoms with Gasteiger partial charge in [-0.15, -0.1) is 23.7 Å². The van der Waals surface area contributed by atoms with Crippen LogP contribution in [0.15, 0.2) is 35.7 Å². The van der Waals surface area contributed by atoms with Gasteiger partial charge in [-0.25, -0.2) is 4.98 Å². The number of nitrogens with zero attached hydrogens (tertiary/aromatic N) is 1. The van der Waals surface area contributed by atoms with Crippen molar-refractivity contribution in [2.24, 2.45) is 0 Å². The Kier molecular flexibility index (Phi) is 4.46. The van der Waals surface area contributed by atoms with Crippen molar-refractivity contribution in [1.82, 2.24) is 4.98 Å². The third-order valence-electron chi connectivity index (χ3n) is 1.92. The Hall–Kier alpha value is -1.39. The van der Waals surface area contributed by atoms with Crippen molar-refractivity contribution in [2.45, 2.75) is 6.42 Å². The molecule has 0 unspecified atom stereocenters. The molecule has 0 radical (unpaired) electrons. The smallest absolute Gasteiger partial charge is 0.310 e. The molecule has 0 aliphatic carbocycles. The van der Waals surface area contributed by atoms with Gasteiger partial charge in [0.2, 0.25) is 0 Å². The van der Waals surface area contributed by atoms with Crippen molar-refractivity contribution in [3.05, 3.63) is 40.7 Å². The SMILES string of the molecule is Cl.O=C(O)Cc1nc(-c2ccccc2)cs1. The van der Waals surface area contributed by atoms with Gasteiger partial charge < -0.3 is 5.11 Å². The molecule has 2 aromatic rings. The molecule has 1 aromatic heterocycles. The maximum atomic E-state index is 10.5. The number of hydrogen-bond donors (Lipinski definition) is 1. The molecule has 0 fully saturated rings. The van der Waals surface area contributed by atoms with E-state index < -0.39 is 5.97 Å². The lowest BCUT2D eigenvalue weighted by Crippen LogP contribution is -1.99. The van der Waals surface area contributed by atoms with Crippen LogP contribution in [0.3, 0.4) is 0 Å². The third kappa shape index (κ3) is 3.05. The van der Waals surface area contributed by atoms with Crippen LogP contribution in [-0.4, -0.2) is 16.1 Å². The van der Waals surface area contributed by atoms with Crippen LogP contribution in [0.4, 0.5) is 0 Å². The largest absolute Gasteiger partial charge is 0.481 e. The topological polar surface area (TPSA) is 50.2 Å². The molecule has 0 aliphatic heterocycles. The summed E-state index contributed by atoms with van der Waals surface area (Å²) in [6, 6.07) is 9.73. The molecule has 1 N–H and O–H groups in total. The van der Waals surface area contributed by atoms with Crippen LogP contribution in [0, 0.1) is 0 Å². The summed E-state index contributed by atoms with van der Waals surface area (Å²) < 4.78 is 0. The molecule has 2 rings (SSSR count). The summed E-state index contributed by atoms with van der Waals surface area (Å²) in [4.78, 5) is 14.7. The van der Waals surface area contributed by atoms with E-state index in [9.17, 15) is 4.79 Å². The minimum Gasteiger partial charge on any atom is -0.481 e. The van der Waals surface area contributed by atoms with Crippen LogP contribution in [0.25, 0.3) is 11.3 Å². The van der Waals surface area contributed by atoms with Gasteiger partial charge in [-0.3, -0.25) is 4.79 Å². The maximum absolute atomic E-state index is 10.5. The molecule has 5 heteroatoms. The number of carboxylic acid groups (broad SMARTS) is 1. The van der Waals surface area contributed by atoms with Crippen molar-refractivity contribution in [2.75, 3.05) is 0 Å². The number of aliphatic carboxylic acids is 1.